The van der Waals surface area contributed by atoms with Crippen molar-refractivity contribution in [3.63, 3.8) is 0 Å². The highest BCUT2D eigenvalue weighted by molar-refractivity contribution is 5.62. The van der Waals surface area contributed by atoms with Crippen LogP contribution in [0.1, 0.15) is 18.4 Å². The second-order valence-corrected chi connectivity index (χ2v) is 4.44. The molecule has 1 aliphatic rings. The molecule has 1 unspecified atom stereocenters. The minimum Gasteiger partial charge on any atom is -0.396 e. The third-order valence-electron chi connectivity index (χ3n) is 2.89. The molecule has 88 valence electrons. The van der Waals surface area contributed by atoms with E-state index >= 15 is 0 Å². The Bertz CT molecular complexity index is 361. The van der Waals surface area contributed by atoms with Crippen LogP contribution in [0, 0.1) is 6.92 Å². The quantitative estimate of drug-likeness (QED) is 0.842. The van der Waals surface area contributed by atoms with E-state index in [9.17, 15) is 0 Å². The topological polar surface area (TPSA) is 51.4 Å². The monoisotopic (exact) mass is 221 g/mol. The molecule has 4 heteroatoms. The zero-order valence-electron chi connectivity index (χ0n) is 9.94. The van der Waals surface area contributed by atoms with E-state index in [0.717, 1.165) is 43.1 Å². The van der Waals surface area contributed by atoms with Crippen molar-refractivity contribution in [2.24, 2.45) is 0 Å². The molecule has 1 aromatic heterocycles. The van der Waals surface area contributed by atoms with Gasteiger partial charge in [-0.05, 0) is 31.4 Å². The van der Waals surface area contributed by atoms with Gasteiger partial charge >= 0.3 is 0 Å². The molecule has 0 aromatic carbocycles. The molecule has 0 aliphatic carbocycles. The Balaban J connectivity index is 2.04. The smallest absolute Gasteiger partial charge is 0.151 e. The van der Waals surface area contributed by atoms with Gasteiger partial charge in [-0.25, -0.2) is 4.98 Å². The first kappa shape index (κ1) is 11.2. The maximum absolute atomic E-state index is 5.95. The Kier molecular flexibility index (Phi) is 3.29. The molecule has 1 fully saturated rings. The fraction of sp³-hybridized carbons (Fsp3) is 0.583. The van der Waals surface area contributed by atoms with E-state index in [0.29, 0.717) is 6.10 Å². The number of anilines is 2. The standard InChI is InChI=1S/C12H19N3O/c1-9-6-11(13)12(14-7-9)15(2)8-10-4-3-5-16-10/h6-7,10H,3-5,8,13H2,1-2H3. The lowest BCUT2D eigenvalue weighted by Crippen LogP contribution is -2.29. The van der Waals surface area contributed by atoms with Crippen molar-refractivity contribution >= 4 is 11.5 Å². The Labute approximate surface area is 96.4 Å². The van der Waals surface area contributed by atoms with Crippen LogP contribution in [0.5, 0.6) is 0 Å². The molecule has 2 N–H and O–H groups in total. The number of nitrogens with zero attached hydrogens (tertiary/aromatic N) is 2. The van der Waals surface area contributed by atoms with E-state index in [2.05, 4.69) is 9.88 Å². The fourth-order valence-electron chi connectivity index (χ4n) is 2.08. The molecule has 1 aromatic rings. The second kappa shape index (κ2) is 4.70. The summed E-state index contributed by atoms with van der Waals surface area (Å²) in [4.78, 5) is 6.44. The lowest BCUT2D eigenvalue weighted by Gasteiger charge is -2.23. The van der Waals surface area contributed by atoms with Gasteiger partial charge in [-0.15, -0.1) is 0 Å². The number of nitrogen functional groups attached to an aromatic ring is 1. The number of aromatic nitrogens is 1. The Morgan fingerprint density at radius 2 is 2.44 bits per heavy atom. The maximum Gasteiger partial charge on any atom is 0.151 e. The first-order chi connectivity index (χ1) is 7.66. The summed E-state index contributed by atoms with van der Waals surface area (Å²) in [5.74, 6) is 0.848. The Hall–Kier alpha value is -1.29. The number of aryl methyl sites for hydroxylation is 1. The van der Waals surface area contributed by atoms with Crippen LogP contribution in [0.15, 0.2) is 12.3 Å². The molecular formula is C12H19N3O. The predicted octanol–water partition coefficient (Wildman–Crippen LogP) is 1.59. The molecule has 2 heterocycles. The normalized spacial score (nSPS) is 20.0. The van der Waals surface area contributed by atoms with Crippen LogP contribution in [-0.4, -0.2) is 31.3 Å². The summed E-state index contributed by atoms with van der Waals surface area (Å²) in [5.41, 5.74) is 7.78. The van der Waals surface area contributed by atoms with Crippen molar-refractivity contribution in [1.82, 2.24) is 4.98 Å². The van der Waals surface area contributed by atoms with Gasteiger partial charge in [0.2, 0.25) is 0 Å². The summed E-state index contributed by atoms with van der Waals surface area (Å²) in [6.07, 6.45) is 4.47. The largest absolute Gasteiger partial charge is 0.396 e. The van der Waals surface area contributed by atoms with E-state index in [-0.39, 0.29) is 0 Å². The molecule has 1 aliphatic heterocycles. The highest BCUT2D eigenvalue weighted by Gasteiger charge is 2.18. The Morgan fingerprint density at radius 3 is 3.06 bits per heavy atom. The first-order valence-corrected chi connectivity index (χ1v) is 5.71. The molecule has 1 atom stereocenters. The summed E-state index contributed by atoms with van der Waals surface area (Å²) in [7, 11) is 2.01. The molecule has 1 saturated heterocycles. The van der Waals surface area contributed by atoms with Gasteiger partial charge in [-0.2, -0.15) is 0 Å². The SMILES string of the molecule is Cc1cnc(N(C)CC2CCCO2)c(N)c1. The van der Waals surface area contributed by atoms with Crippen molar-refractivity contribution in [3.8, 4) is 0 Å². The minimum absolute atomic E-state index is 0.326. The zero-order valence-corrected chi connectivity index (χ0v) is 9.94. The summed E-state index contributed by atoms with van der Waals surface area (Å²) >= 11 is 0. The number of likely N-dealkylation sites (N-methyl/N-ethyl adjacent to an activating group) is 1. The number of nitrogens with two attached hydrogens (primary N) is 1. The van der Waals surface area contributed by atoms with Gasteiger partial charge in [0.25, 0.3) is 0 Å². The van der Waals surface area contributed by atoms with E-state index in [4.69, 9.17) is 10.5 Å². The number of ether oxygens (including phenoxy) is 1. The van der Waals surface area contributed by atoms with Gasteiger partial charge < -0.3 is 15.4 Å². The molecule has 4 nitrogen and oxygen atoms in total. The summed E-state index contributed by atoms with van der Waals surface area (Å²) in [5, 5.41) is 0. The zero-order chi connectivity index (χ0) is 11.5. The van der Waals surface area contributed by atoms with E-state index in [1.54, 1.807) is 0 Å². The minimum atomic E-state index is 0.326. The molecule has 0 bridgehead atoms. The number of rotatable bonds is 3. The van der Waals surface area contributed by atoms with Crippen LogP contribution in [-0.2, 0) is 4.74 Å². The van der Waals surface area contributed by atoms with Gasteiger partial charge in [0.15, 0.2) is 5.82 Å². The van der Waals surface area contributed by atoms with Crippen LogP contribution in [0.25, 0.3) is 0 Å². The third-order valence-corrected chi connectivity index (χ3v) is 2.89. The van der Waals surface area contributed by atoms with Gasteiger partial charge in [-0.3, -0.25) is 0 Å². The van der Waals surface area contributed by atoms with Crippen molar-refractivity contribution in [1.29, 1.82) is 0 Å². The first-order valence-electron chi connectivity index (χ1n) is 5.71. The second-order valence-electron chi connectivity index (χ2n) is 4.44. The summed E-state index contributed by atoms with van der Waals surface area (Å²) in [6, 6.07) is 1.95. The molecule has 0 amide bonds. The molecule has 2 rings (SSSR count). The Morgan fingerprint density at radius 1 is 1.62 bits per heavy atom. The van der Waals surface area contributed by atoms with Gasteiger partial charge in [0, 0.05) is 26.4 Å². The van der Waals surface area contributed by atoms with Gasteiger partial charge in [0.05, 0.1) is 11.8 Å². The third kappa shape index (κ3) is 2.44. The van der Waals surface area contributed by atoms with Gasteiger partial charge in [-0.1, -0.05) is 0 Å². The lowest BCUT2D eigenvalue weighted by atomic mass is 10.2. The molecule has 0 saturated carbocycles. The van der Waals surface area contributed by atoms with Crippen LogP contribution in [0.2, 0.25) is 0 Å². The number of pyridine rings is 1. The summed E-state index contributed by atoms with van der Waals surface area (Å²) in [6.45, 7) is 3.74. The molecule has 0 spiro atoms. The lowest BCUT2D eigenvalue weighted by molar-refractivity contribution is 0.116. The fourth-order valence-corrected chi connectivity index (χ4v) is 2.08. The number of hydrogen-bond acceptors (Lipinski definition) is 4. The highest BCUT2D eigenvalue weighted by atomic mass is 16.5. The number of hydrogen-bond donors (Lipinski definition) is 1. The van der Waals surface area contributed by atoms with E-state index in [1.807, 2.05) is 26.2 Å². The average Bonchev–Trinajstić information content (AvgIpc) is 2.70. The van der Waals surface area contributed by atoms with Crippen LogP contribution < -0.4 is 10.6 Å². The van der Waals surface area contributed by atoms with Crippen LogP contribution in [0.4, 0.5) is 11.5 Å². The van der Waals surface area contributed by atoms with Crippen molar-refractivity contribution in [2.75, 3.05) is 30.8 Å². The highest BCUT2D eigenvalue weighted by Crippen LogP contribution is 2.22. The maximum atomic E-state index is 5.95. The molecule has 0 radical (unpaired) electrons. The van der Waals surface area contributed by atoms with Gasteiger partial charge in [0.1, 0.15) is 0 Å². The van der Waals surface area contributed by atoms with Crippen LogP contribution in [0.3, 0.4) is 0 Å². The summed E-state index contributed by atoms with van der Waals surface area (Å²) < 4.78 is 5.60. The molecular weight excluding hydrogens is 202 g/mol. The van der Waals surface area contributed by atoms with Crippen molar-refractivity contribution < 1.29 is 4.74 Å². The average molecular weight is 221 g/mol. The van der Waals surface area contributed by atoms with Crippen molar-refractivity contribution in [3.05, 3.63) is 17.8 Å². The van der Waals surface area contributed by atoms with Crippen molar-refractivity contribution in [2.45, 2.75) is 25.9 Å². The predicted molar refractivity (Wildman–Crippen MR) is 65.6 cm³/mol. The van der Waals surface area contributed by atoms with E-state index in [1.165, 1.54) is 0 Å². The van der Waals surface area contributed by atoms with E-state index < -0.39 is 0 Å². The molecule has 16 heavy (non-hydrogen) atoms. The van der Waals surface area contributed by atoms with Crippen LogP contribution >= 0.6 is 0 Å².